The molecule has 0 atom stereocenters. The number of phenols is 2. The number of likely N-dealkylation sites (tertiary alicyclic amines) is 1. The zero-order chi connectivity index (χ0) is 25.5. The molecule has 8 nitrogen and oxygen atoms in total. The van der Waals surface area contributed by atoms with E-state index in [1.807, 2.05) is 38.1 Å². The molecule has 4 rings (SSSR count). The van der Waals surface area contributed by atoms with E-state index < -0.39 is 21.4 Å². The van der Waals surface area contributed by atoms with Gasteiger partial charge in [-0.1, -0.05) is 43.8 Å². The third-order valence-electron chi connectivity index (χ3n) is 7.43. The zero-order valence-electron chi connectivity index (χ0n) is 20.2. The molecule has 2 aromatic carbocycles. The number of aromatic hydroxyl groups is 2. The van der Waals surface area contributed by atoms with Gasteiger partial charge in [-0.2, -0.15) is 0 Å². The Balaban J connectivity index is 1.74. The van der Waals surface area contributed by atoms with Gasteiger partial charge in [0.25, 0.3) is 0 Å². The average Bonchev–Trinajstić information content (AvgIpc) is 2.82. The van der Waals surface area contributed by atoms with Crippen LogP contribution in [0.2, 0.25) is 0 Å². The van der Waals surface area contributed by atoms with Crippen LogP contribution in [0.4, 0.5) is 0 Å². The molecule has 2 heterocycles. The molecule has 10 heteroatoms. The number of nitrogens with one attached hydrogen (secondary N) is 1. The quantitative estimate of drug-likeness (QED) is 0.406. The number of aliphatic carboxylic acids is 1. The van der Waals surface area contributed by atoms with Crippen LogP contribution in [0.25, 0.3) is 0 Å². The van der Waals surface area contributed by atoms with Crippen molar-refractivity contribution in [3.8, 4) is 11.5 Å². The van der Waals surface area contributed by atoms with E-state index in [9.17, 15) is 23.4 Å². The Bertz CT molecular complexity index is 1250. The molecule has 2 aliphatic rings. The molecule has 0 saturated carbocycles. The summed E-state index contributed by atoms with van der Waals surface area (Å²) in [6, 6.07) is 7.47. The van der Waals surface area contributed by atoms with Crippen LogP contribution in [0.1, 0.15) is 56.2 Å². The van der Waals surface area contributed by atoms with Gasteiger partial charge in [0.2, 0.25) is 10.0 Å². The Hall–Kier alpha value is -2.27. The highest BCUT2D eigenvalue weighted by atomic mass is 32.2. The van der Waals surface area contributed by atoms with Crippen LogP contribution in [0, 0.1) is 6.92 Å². The second-order valence-electron chi connectivity index (χ2n) is 9.31. The lowest BCUT2D eigenvalue weighted by Crippen LogP contribution is -2.46. The molecule has 0 aliphatic carbocycles. The second kappa shape index (κ2) is 9.65. The van der Waals surface area contributed by atoms with Gasteiger partial charge in [-0.05, 0) is 44.2 Å². The number of phenolic OH excluding ortho intramolecular Hbond substituents is 2. The number of piperidine rings is 1. The van der Waals surface area contributed by atoms with Gasteiger partial charge in [0, 0.05) is 40.6 Å². The third-order valence-corrected chi connectivity index (χ3v) is 10.3. The maximum Gasteiger partial charge on any atom is 0.317 e. The van der Waals surface area contributed by atoms with Crippen LogP contribution >= 0.6 is 11.8 Å². The molecule has 0 spiro atoms. The molecule has 0 unspecified atom stereocenters. The Kier molecular flexibility index (Phi) is 7.11. The van der Waals surface area contributed by atoms with Crippen LogP contribution in [0.15, 0.2) is 39.0 Å². The van der Waals surface area contributed by atoms with Gasteiger partial charge in [0.05, 0.1) is 11.4 Å². The molecule has 1 saturated heterocycles. The lowest BCUT2D eigenvalue weighted by molar-refractivity contribution is -0.138. The van der Waals surface area contributed by atoms with Crippen molar-refractivity contribution in [3.63, 3.8) is 0 Å². The molecule has 190 valence electrons. The summed E-state index contributed by atoms with van der Waals surface area (Å²) in [6.45, 7) is 6.45. The number of rotatable bonds is 7. The number of carbonyl (C=O) groups is 1. The van der Waals surface area contributed by atoms with Gasteiger partial charge in [-0.3, -0.25) is 9.69 Å². The van der Waals surface area contributed by atoms with Crippen molar-refractivity contribution in [2.75, 3.05) is 19.6 Å². The molecule has 2 aromatic rings. The van der Waals surface area contributed by atoms with E-state index in [1.165, 1.54) is 18.7 Å². The van der Waals surface area contributed by atoms with E-state index >= 15 is 0 Å². The maximum absolute atomic E-state index is 13.5. The maximum atomic E-state index is 13.5. The molecule has 1 fully saturated rings. The third kappa shape index (κ3) is 4.41. The minimum absolute atomic E-state index is 0.0760. The number of hydrogen-bond acceptors (Lipinski definition) is 7. The Morgan fingerprint density at radius 3 is 2.37 bits per heavy atom. The molecule has 0 bridgehead atoms. The first-order chi connectivity index (χ1) is 16.6. The summed E-state index contributed by atoms with van der Waals surface area (Å²) in [6.07, 6.45) is 2.28. The van der Waals surface area contributed by atoms with Crippen LogP contribution < -0.4 is 4.72 Å². The van der Waals surface area contributed by atoms with E-state index in [0.29, 0.717) is 49.2 Å². The summed E-state index contributed by atoms with van der Waals surface area (Å²) in [5.41, 5.74) is 1.24. The first kappa shape index (κ1) is 25.8. The molecule has 0 amide bonds. The summed E-state index contributed by atoms with van der Waals surface area (Å²) in [5, 5.41) is 31.7. The van der Waals surface area contributed by atoms with Crippen molar-refractivity contribution in [2.24, 2.45) is 0 Å². The lowest BCUT2D eigenvalue weighted by Gasteiger charge is -2.40. The van der Waals surface area contributed by atoms with Crippen molar-refractivity contribution in [2.45, 2.75) is 72.6 Å². The normalized spacial score (nSPS) is 18.1. The van der Waals surface area contributed by atoms with Crippen molar-refractivity contribution < 1.29 is 28.5 Å². The molecule has 35 heavy (non-hydrogen) atoms. The SMILES string of the molecule is CCC1(CC)c2ccccc2Sc2c(O)c(S(=O)(=O)NC3CCN(CC(=O)O)CC3)c(C)c(O)c21. The smallest absolute Gasteiger partial charge is 0.317 e. The van der Waals surface area contributed by atoms with Crippen LogP contribution in [-0.2, 0) is 20.2 Å². The van der Waals surface area contributed by atoms with E-state index in [1.54, 1.807) is 4.90 Å². The van der Waals surface area contributed by atoms with Gasteiger partial charge in [-0.15, -0.1) is 0 Å². The number of carboxylic acids is 1. The zero-order valence-corrected chi connectivity index (χ0v) is 21.8. The first-order valence-electron chi connectivity index (χ1n) is 11.9. The number of nitrogens with zero attached hydrogens (tertiary/aromatic N) is 1. The van der Waals surface area contributed by atoms with Gasteiger partial charge < -0.3 is 15.3 Å². The predicted molar refractivity (Wildman–Crippen MR) is 134 cm³/mol. The number of sulfonamides is 1. The van der Waals surface area contributed by atoms with Crippen molar-refractivity contribution in [1.29, 1.82) is 0 Å². The fourth-order valence-electron chi connectivity index (χ4n) is 5.53. The number of carboxylic acid groups (broad SMARTS) is 1. The lowest BCUT2D eigenvalue weighted by atomic mass is 9.69. The summed E-state index contributed by atoms with van der Waals surface area (Å²) in [7, 11) is -4.15. The van der Waals surface area contributed by atoms with E-state index in [-0.39, 0.29) is 34.5 Å². The molecule has 0 aromatic heterocycles. The van der Waals surface area contributed by atoms with Crippen molar-refractivity contribution >= 4 is 27.8 Å². The Labute approximate surface area is 210 Å². The summed E-state index contributed by atoms with van der Waals surface area (Å²) in [4.78, 5) is 13.7. The average molecular weight is 521 g/mol. The van der Waals surface area contributed by atoms with Crippen LogP contribution in [-0.4, -0.2) is 60.3 Å². The summed E-state index contributed by atoms with van der Waals surface area (Å²) < 4.78 is 29.7. The largest absolute Gasteiger partial charge is 0.507 e. The topological polar surface area (TPSA) is 127 Å². The minimum atomic E-state index is -4.15. The fraction of sp³-hybridized carbons (Fsp3) is 0.480. The highest BCUT2D eigenvalue weighted by molar-refractivity contribution is 7.99. The Morgan fingerprint density at radius 1 is 1.14 bits per heavy atom. The Morgan fingerprint density at radius 2 is 1.77 bits per heavy atom. The molecular formula is C25H32N2O6S2. The predicted octanol–water partition coefficient (Wildman–Crippen LogP) is 3.80. The molecule has 0 radical (unpaired) electrons. The van der Waals surface area contributed by atoms with E-state index in [2.05, 4.69) is 4.72 Å². The number of fused-ring (bicyclic) bond motifs is 2. The van der Waals surface area contributed by atoms with Gasteiger partial charge in [0.15, 0.2) is 0 Å². The van der Waals surface area contributed by atoms with Crippen LogP contribution in [0.3, 0.4) is 0 Å². The number of hydrogen-bond donors (Lipinski definition) is 4. The first-order valence-corrected chi connectivity index (χ1v) is 14.2. The number of benzene rings is 2. The van der Waals surface area contributed by atoms with Crippen molar-refractivity contribution in [3.05, 3.63) is 41.0 Å². The molecule has 2 aliphatic heterocycles. The molecular weight excluding hydrogens is 488 g/mol. The van der Waals surface area contributed by atoms with Crippen LogP contribution in [0.5, 0.6) is 11.5 Å². The minimum Gasteiger partial charge on any atom is -0.507 e. The molecule has 4 N–H and O–H groups in total. The monoisotopic (exact) mass is 520 g/mol. The summed E-state index contributed by atoms with van der Waals surface area (Å²) >= 11 is 1.28. The van der Waals surface area contributed by atoms with E-state index in [4.69, 9.17) is 5.11 Å². The van der Waals surface area contributed by atoms with E-state index in [0.717, 1.165) is 10.5 Å². The standard InChI is InChI=1S/C25H32N2O6S2/c1-4-25(5-2)17-8-6-7-9-18(17)34-23-20(25)21(30)15(3)24(22(23)31)35(32,33)26-16-10-12-27(13-11-16)14-19(28)29/h6-9,16,26,30-31H,4-5,10-14H2,1-3H3,(H,28,29). The van der Waals surface area contributed by atoms with Gasteiger partial charge in [0.1, 0.15) is 16.4 Å². The summed E-state index contributed by atoms with van der Waals surface area (Å²) in [5.74, 6) is -1.35. The van der Waals surface area contributed by atoms with Crippen molar-refractivity contribution in [1.82, 2.24) is 9.62 Å². The highest BCUT2D eigenvalue weighted by Crippen LogP contribution is 2.59. The second-order valence-corrected chi connectivity index (χ2v) is 12.0. The fourth-order valence-corrected chi connectivity index (χ4v) is 8.58. The van der Waals surface area contributed by atoms with Gasteiger partial charge >= 0.3 is 5.97 Å². The highest BCUT2D eigenvalue weighted by Gasteiger charge is 2.44. The van der Waals surface area contributed by atoms with Gasteiger partial charge in [-0.25, -0.2) is 13.1 Å².